The van der Waals surface area contributed by atoms with Gasteiger partial charge in [-0.1, -0.05) is 18.2 Å². The fourth-order valence-electron chi connectivity index (χ4n) is 2.76. The third kappa shape index (κ3) is 2.94. The smallest absolute Gasteiger partial charge is 0.263 e. The van der Waals surface area contributed by atoms with Crippen LogP contribution in [0.25, 0.3) is 5.69 Å². The highest BCUT2D eigenvalue weighted by molar-refractivity contribution is 6.03. The van der Waals surface area contributed by atoms with Crippen molar-refractivity contribution in [2.24, 2.45) is 0 Å². The van der Waals surface area contributed by atoms with E-state index in [1.807, 2.05) is 30.3 Å². The van der Waals surface area contributed by atoms with Crippen LogP contribution in [0.15, 0.2) is 47.5 Å². The molecule has 3 aromatic rings. The Morgan fingerprint density at radius 2 is 2.12 bits per heavy atom. The third-order valence-corrected chi connectivity index (χ3v) is 4.02. The SMILES string of the molecule is O=C(Nc1nncn1-c1ccccc1)c1cc2c([nH]c1=O)CCOC2. The maximum atomic E-state index is 12.5. The molecule has 0 aliphatic carbocycles. The van der Waals surface area contributed by atoms with E-state index in [9.17, 15) is 9.59 Å². The fourth-order valence-corrected chi connectivity index (χ4v) is 2.76. The summed E-state index contributed by atoms with van der Waals surface area (Å²) in [5, 5.41) is 10.4. The number of benzene rings is 1. The highest BCUT2D eigenvalue weighted by Crippen LogP contribution is 2.16. The average Bonchev–Trinajstić information content (AvgIpc) is 3.10. The zero-order chi connectivity index (χ0) is 17.2. The number of ether oxygens (including phenoxy) is 1. The second-order valence-corrected chi connectivity index (χ2v) is 5.63. The molecule has 1 amide bonds. The molecule has 8 heteroatoms. The zero-order valence-corrected chi connectivity index (χ0v) is 13.2. The molecule has 1 aliphatic rings. The first-order valence-electron chi connectivity index (χ1n) is 7.82. The lowest BCUT2D eigenvalue weighted by atomic mass is 10.1. The predicted molar refractivity (Wildman–Crippen MR) is 89.7 cm³/mol. The molecule has 0 atom stereocenters. The largest absolute Gasteiger partial charge is 0.376 e. The average molecular weight is 337 g/mol. The molecule has 0 radical (unpaired) electrons. The molecule has 126 valence electrons. The van der Waals surface area contributed by atoms with Crippen LogP contribution in [-0.4, -0.2) is 32.3 Å². The molecule has 2 N–H and O–H groups in total. The van der Waals surface area contributed by atoms with Gasteiger partial charge in [-0.2, -0.15) is 0 Å². The van der Waals surface area contributed by atoms with Crippen molar-refractivity contribution < 1.29 is 9.53 Å². The number of para-hydroxylation sites is 1. The van der Waals surface area contributed by atoms with E-state index in [4.69, 9.17) is 4.74 Å². The molecule has 0 unspecified atom stereocenters. The molecule has 0 saturated carbocycles. The number of rotatable bonds is 3. The quantitative estimate of drug-likeness (QED) is 0.749. The Kier molecular flexibility index (Phi) is 3.87. The van der Waals surface area contributed by atoms with Crippen molar-refractivity contribution in [1.82, 2.24) is 19.7 Å². The number of nitrogens with zero attached hydrogens (tertiary/aromatic N) is 3. The molecule has 4 rings (SSSR count). The van der Waals surface area contributed by atoms with Crippen LogP contribution >= 0.6 is 0 Å². The molecular weight excluding hydrogens is 322 g/mol. The Balaban J connectivity index is 1.64. The Morgan fingerprint density at radius 1 is 1.28 bits per heavy atom. The molecule has 25 heavy (non-hydrogen) atoms. The zero-order valence-electron chi connectivity index (χ0n) is 13.2. The Labute approximate surface area is 142 Å². The topological polar surface area (TPSA) is 102 Å². The van der Waals surface area contributed by atoms with Crippen LogP contribution in [-0.2, 0) is 17.8 Å². The number of nitrogens with one attached hydrogen (secondary N) is 2. The van der Waals surface area contributed by atoms with Crippen molar-refractivity contribution in [3.63, 3.8) is 0 Å². The van der Waals surface area contributed by atoms with Crippen LogP contribution in [0.4, 0.5) is 5.95 Å². The van der Waals surface area contributed by atoms with E-state index in [1.54, 1.807) is 10.6 Å². The van der Waals surface area contributed by atoms with Crippen LogP contribution in [0.2, 0.25) is 0 Å². The molecule has 3 heterocycles. The predicted octanol–water partition coefficient (Wildman–Crippen LogP) is 1.28. The van der Waals surface area contributed by atoms with Gasteiger partial charge < -0.3 is 9.72 Å². The summed E-state index contributed by atoms with van der Waals surface area (Å²) >= 11 is 0. The van der Waals surface area contributed by atoms with Crippen molar-refractivity contribution in [2.45, 2.75) is 13.0 Å². The van der Waals surface area contributed by atoms with Gasteiger partial charge in [0.2, 0.25) is 5.95 Å². The summed E-state index contributed by atoms with van der Waals surface area (Å²) in [6, 6.07) is 10.9. The van der Waals surface area contributed by atoms with Gasteiger partial charge in [0.25, 0.3) is 11.5 Å². The molecule has 0 fully saturated rings. The van der Waals surface area contributed by atoms with Gasteiger partial charge in [0.1, 0.15) is 11.9 Å². The number of anilines is 1. The van der Waals surface area contributed by atoms with Crippen LogP contribution in [0, 0.1) is 0 Å². The van der Waals surface area contributed by atoms with Gasteiger partial charge in [-0.05, 0) is 23.8 Å². The maximum absolute atomic E-state index is 12.5. The lowest BCUT2D eigenvalue weighted by molar-refractivity contribution is 0.101. The number of amides is 1. The summed E-state index contributed by atoms with van der Waals surface area (Å²) in [4.78, 5) is 27.5. The first-order valence-corrected chi connectivity index (χ1v) is 7.82. The summed E-state index contributed by atoms with van der Waals surface area (Å²) < 4.78 is 7.01. The summed E-state index contributed by atoms with van der Waals surface area (Å²) in [5.41, 5.74) is 2.03. The third-order valence-electron chi connectivity index (χ3n) is 4.02. The van der Waals surface area contributed by atoms with E-state index in [1.165, 1.54) is 6.33 Å². The normalized spacial score (nSPS) is 13.3. The molecule has 1 aromatic carbocycles. The minimum Gasteiger partial charge on any atom is -0.376 e. The molecule has 0 bridgehead atoms. The Bertz CT molecular complexity index is 977. The van der Waals surface area contributed by atoms with E-state index >= 15 is 0 Å². The number of pyridine rings is 1. The van der Waals surface area contributed by atoms with Crippen molar-refractivity contribution in [2.75, 3.05) is 11.9 Å². The van der Waals surface area contributed by atoms with Gasteiger partial charge in [0.05, 0.1) is 18.9 Å². The summed E-state index contributed by atoms with van der Waals surface area (Å²) in [5.74, 6) is -0.302. The van der Waals surface area contributed by atoms with Gasteiger partial charge in [-0.15, -0.1) is 10.2 Å². The van der Waals surface area contributed by atoms with Crippen molar-refractivity contribution in [3.05, 3.63) is 69.9 Å². The molecule has 8 nitrogen and oxygen atoms in total. The van der Waals surface area contributed by atoms with Gasteiger partial charge in [-0.3, -0.25) is 19.5 Å². The number of hydrogen-bond donors (Lipinski definition) is 2. The van der Waals surface area contributed by atoms with Crippen LogP contribution in [0.3, 0.4) is 0 Å². The van der Waals surface area contributed by atoms with E-state index in [0.717, 1.165) is 16.9 Å². The Hall–Kier alpha value is -3.26. The first-order chi connectivity index (χ1) is 12.2. The standard InChI is InChI=1S/C17H15N5O3/c23-15-13(8-11-9-25-7-6-14(11)19-15)16(24)20-17-21-18-10-22(17)12-4-2-1-3-5-12/h1-5,8,10H,6-7,9H2,(H,19,23)(H,20,21,24). The van der Waals surface area contributed by atoms with Gasteiger partial charge in [0.15, 0.2) is 0 Å². The van der Waals surface area contributed by atoms with Crippen LogP contribution < -0.4 is 10.9 Å². The molecule has 0 spiro atoms. The van der Waals surface area contributed by atoms with E-state index < -0.39 is 11.5 Å². The number of fused-ring (bicyclic) bond motifs is 1. The molecule has 2 aromatic heterocycles. The number of carbonyl (C=O) groups excluding carboxylic acids is 1. The number of aromatic amines is 1. The van der Waals surface area contributed by atoms with Gasteiger partial charge >= 0.3 is 0 Å². The summed E-state index contributed by atoms with van der Waals surface area (Å²) in [7, 11) is 0. The summed E-state index contributed by atoms with van der Waals surface area (Å²) in [6.45, 7) is 0.946. The van der Waals surface area contributed by atoms with Crippen molar-refractivity contribution in [3.8, 4) is 5.69 Å². The minimum absolute atomic E-state index is 0.0202. The van der Waals surface area contributed by atoms with Gasteiger partial charge in [0, 0.05) is 12.1 Å². The van der Waals surface area contributed by atoms with E-state index in [0.29, 0.717) is 19.6 Å². The lowest BCUT2D eigenvalue weighted by Crippen LogP contribution is -2.27. The van der Waals surface area contributed by atoms with E-state index in [2.05, 4.69) is 20.5 Å². The van der Waals surface area contributed by atoms with E-state index in [-0.39, 0.29) is 11.5 Å². The van der Waals surface area contributed by atoms with Crippen LogP contribution in [0.1, 0.15) is 21.6 Å². The fraction of sp³-hybridized carbons (Fsp3) is 0.176. The maximum Gasteiger partial charge on any atom is 0.263 e. The second-order valence-electron chi connectivity index (χ2n) is 5.63. The lowest BCUT2D eigenvalue weighted by Gasteiger charge is -2.16. The van der Waals surface area contributed by atoms with Crippen molar-refractivity contribution in [1.29, 1.82) is 0 Å². The van der Waals surface area contributed by atoms with Crippen molar-refractivity contribution >= 4 is 11.9 Å². The second kappa shape index (κ2) is 6.33. The molecule has 0 saturated heterocycles. The van der Waals surface area contributed by atoms with Crippen LogP contribution in [0.5, 0.6) is 0 Å². The number of carbonyl (C=O) groups is 1. The highest BCUT2D eigenvalue weighted by atomic mass is 16.5. The number of hydrogen-bond acceptors (Lipinski definition) is 5. The minimum atomic E-state index is -0.542. The Morgan fingerprint density at radius 3 is 2.96 bits per heavy atom. The first kappa shape index (κ1) is 15.3. The molecule has 1 aliphatic heterocycles. The molecular formula is C17H15N5O3. The van der Waals surface area contributed by atoms with Gasteiger partial charge in [-0.25, -0.2) is 0 Å². The number of aromatic nitrogens is 4. The summed E-state index contributed by atoms with van der Waals surface area (Å²) in [6.07, 6.45) is 2.13. The number of H-pyrrole nitrogens is 1. The monoisotopic (exact) mass is 337 g/mol. The highest BCUT2D eigenvalue weighted by Gasteiger charge is 2.19.